The standard InChI is InChI=1S/C14H26O2S/c1-2-12-4-3-6-14(16,7-5-12)13(10-15)8-9-17-11-13/h12,15-16H,2-11H2,1H3. The molecule has 3 unspecified atom stereocenters. The largest absolute Gasteiger partial charge is 0.396 e. The molecule has 2 aliphatic rings. The summed E-state index contributed by atoms with van der Waals surface area (Å²) in [5.41, 5.74) is -0.810. The second kappa shape index (κ2) is 5.50. The van der Waals surface area contributed by atoms with Gasteiger partial charge in [-0.1, -0.05) is 26.2 Å². The van der Waals surface area contributed by atoms with Crippen LogP contribution in [-0.4, -0.2) is 33.9 Å². The maximum absolute atomic E-state index is 11.0. The van der Waals surface area contributed by atoms with E-state index >= 15 is 0 Å². The molecule has 100 valence electrons. The van der Waals surface area contributed by atoms with Gasteiger partial charge in [0.2, 0.25) is 0 Å². The Labute approximate surface area is 109 Å². The Balaban J connectivity index is 2.11. The van der Waals surface area contributed by atoms with Gasteiger partial charge < -0.3 is 10.2 Å². The van der Waals surface area contributed by atoms with Crippen molar-refractivity contribution in [3.8, 4) is 0 Å². The lowest BCUT2D eigenvalue weighted by atomic mass is 9.68. The molecule has 17 heavy (non-hydrogen) atoms. The van der Waals surface area contributed by atoms with Crippen LogP contribution in [0.25, 0.3) is 0 Å². The van der Waals surface area contributed by atoms with Gasteiger partial charge in [0.25, 0.3) is 0 Å². The minimum Gasteiger partial charge on any atom is -0.396 e. The Morgan fingerprint density at radius 2 is 2.06 bits per heavy atom. The number of hydrogen-bond donors (Lipinski definition) is 2. The van der Waals surface area contributed by atoms with Crippen LogP contribution in [0.2, 0.25) is 0 Å². The molecule has 1 saturated carbocycles. The lowest BCUT2D eigenvalue weighted by Crippen LogP contribution is -2.50. The van der Waals surface area contributed by atoms with Gasteiger partial charge in [-0.15, -0.1) is 0 Å². The van der Waals surface area contributed by atoms with E-state index in [4.69, 9.17) is 0 Å². The maximum atomic E-state index is 11.0. The minimum absolute atomic E-state index is 0.160. The molecule has 2 fully saturated rings. The van der Waals surface area contributed by atoms with Crippen molar-refractivity contribution in [3.63, 3.8) is 0 Å². The first-order chi connectivity index (χ1) is 8.16. The Kier molecular flexibility index (Phi) is 4.43. The summed E-state index contributed by atoms with van der Waals surface area (Å²) in [6.45, 7) is 2.41. The average Bonchev–Trinajstić information content (AvgIpc) is 2.76. The van der Waals surface area contributed by atoms with E-state index in [0.29, 0.717) is 0 Å². The first kappa shape index (κ1) is 13.7. The van der Waals surface area contributed by atoms with Crippen LogP contribution in [0.5, 0.6) is 0 Å². The summed E-state index contributed by atoms with van der Waals surface area (Å²) in [7, 11) is 0. The van der Waals surface area contributed by atoms with E-state index in [0.717, 1.165) is 49.5 Å². The third-order valence-electron chi connectivity index (χ3n) is 5.14. The molecule has 1 saturated heterocycles. The molecule has 3 atom stereocenters. The molecule has 1 aliphatic heterocycles. The van der Waals surface area contributed by atoms with Gasteiger partial charge >= 0.3 is 0 Å². The van der Waals surface area contributed by atoms with Crippen molar-refractivity contribution in [2.45, 2.75) is 57.5 Å². The fraction of sp³-hybridized carbons (Fsp3) is 1.00. The van der Waals surface area contributed by atoms with Crippen molar-refractivity contribution in [2.75, 3.05) is 18.1 Å². The van der Waals surface area contributed by atoms with Gasteiger partial charge in [-0.25, -0.2) is 0 Å². The minimum atomic E-state index is -0.602. The molecule has 2 N–H and O–H groups in total. The Bertz CT molecular complexity index is 251. The van der Waals surface area contributed by atoms with Crippen molar-refractivity contribution in [3.05, 3.63) is 0 Å². The van der Waals surface area contributed by atoms with Gasteiger partial charge in [-0.2, -0.15) is 11.8 Å². The van der Waals surface area contributed by atoms with Crippen molar-refractivity contribution < 1.29 is 10.2 Å². The molecule has 0 aromatic carbocycles. The van der Waals surface area contributed by atoms with Gasteiger partial charge in [-0.3, -0.25) is 0 Å². The zero-order valence-corrected chi connectivity index (χ0v) is 11.8. The number of thioether (sulfide) groups is 1. The molecular weight excluding hydrogens is 232 g/mol. The van der Waals surface area contributed by atoms with E-state index in [9.17, 15) is 10.2 Å². The Morgan fingerprint density at radius 1 is 1.24 bits per heavy atom. The summed E-state index contributed by atoms with van der Waals surface area (Å²) in [6, 6.07) is 0. The molecule has 1 aliphatic carbocycles. The van der Waals surface area contributed by atoms with Crippen molar-refractivity contribution in [2.24, 2.45) is 11.3 Å². The van der Waals surface area contributed by atoms with E-state index in [-0.39, 0.29) is 12.0 Å². The molecule has 0 radical (unpaired) electrons. The van der Waals surface area contributed by atoms with Gasteiger partial charge in [-0.05, 0) is 37.4 Å². The van der Waals surface area contributed by atoms with Crippen LogP contribution in [-0.2, 0) is 0 Å². The zero-order valence-electron chi connectivity index (χ0n) is 11.0. The quantitative estimate of drug-likeness (QED) is 0.765. The third kappa shape index (κ3) is 2.52. The van der Waals surface area contributed by atoms with Crippen LogP contribution in [0.1, 0.15) is 51.9 Å². The highest BCUT2D eigenvalue weighted by atomic mass is 32.2. The molecule has 3 heteroatoms. The van der Waals surface area contributed by atoms with Crippen molar-refractivity contribution in [1.82, 2.24) is 0 Å². The van der Waals surface area contributed by atoms with Crippen LogP contribution in [0.4, 0.5) is 0 Å². The first-order valence-corrected chi connectivity index (χ1v) is 8.22. The van der Waals surface area contributed by atoms with Crippen LogP contribution in [0.3, 0.4) is 0 Å². The van der Waals surface area contributed by atoms with Crippen LogP contribution in [0.15, 0.2) is 0 Å². The topological polar surface area (TPSA) is 40.5 Å². The van der Waals surface area contributed by atoms with Crippen molar-refractivity contribution >= 4 is 11.8 Å². The second-order valence-electron chi connectivity index (χ2n) is 5.98. The van der Waals surface area contributed by atoms with E-state index in [2.05, 4.69) is 6.92 Å². The first-order valence-electron chi connectivity index (χ1n) is 7.07. The fourth-order valence-electron chi connectivity index (χ4n) is 3.58. The third-order valence-corrected chi connectivity index (χ3v) is 6.39. The smallest absolute Gasteiger partial charge is 0.0734 e. The van der Waals surface area contributed by atoms with E-state index in [1.807, 2.05) is 11.8 Å². The van der Waals surface area contributed by atoms with E-state index in [1.54, 1.807) is 0 Å². The van der Waals surface area contributed by atoms with Gasteiger partial charge in [0.1, 0.15) is 0 Å². The lowest BCUT2D eigenvalue weighted by Gasteiger charge is -2.43. The fourth-order valence-corrected chi connectivity index (χ4v) is 5.15. The van der Waals surface area contributed by atoms with Gasteiger partial charge in [0, 0.05) is 11.2 Å². The number of aliphatic hydroxyl groups excluding tert-OH is 1. The highest BCUT2D eigenvalue weighted by Gasteiger charge is 2.51. The molecule has 1 heterocycles. The predicted octanol–water partition coefficient (Wildman–Crippen LogP) is 2.82. The predicted molar refractivity (Wildman–Crippen MR) is 73.3 cm³/mol. The molecule has 0 spiro atoms. The molecular formula is C14H26O2S. The summed E-state index contributed by atoms with van der Waals surface area (Å²) >= 11 is 1.89. The van der Waals surface area contributed by atoms with Crippen LogP contribution in [0, 0.1) is 11.3 Å². The molecule has 0 bridgehead atoms. The summed E-state index contributed by atoms with van der Waals surface area (Å²) < 4.78 is 0. The number of aliphatic hydroxyl groups is 2. The number of rotatable bonds is 3. The summed E-state index contributed by atoms with van der Waals surface area (Å²) in [6.07, 6.45) is 7.53. The molecule has 0 aromatic rings. The Morgan fingerprint density at radius 3 is 2.65 bits per heavy atom. The maximum Gasteiger partial charge on any atom is 0.0734 e. The second-order valence-corrected chi connectivity index (χ2v) is 7.08. The normalized spacial score (nSPS) is 43.6. The van der Waals surface area contributed by atoms with E-state index in [1.165, 1.54) is 12.8 Å². The van der Waals surface area contributed by atoms with Gasteiger partial charge in [0.15, 0.2) is 0 Å². The van der Waals surface area contributed by atoms with Crippen LogP contribution < -0.4 is 0 Å². The lowest BCUT2D eigenvalue weighted by molar-refractivity contribution is -0.106. The summed E-state index contributed by atoms with van der Waals surface area (Å²) in [5.74, 6) is 2.82. The molecule has 0 amide bonds. The van der Waals surface area contributed by atoms with Gasteiger partial charge in [0.05, 0.1) is 12.2 Å². The van der Waals surface area contributed by atoms with Crippen molar-refractivity contribution in [1.29, 1.82) is 0 Å². The Hall–Kier alpha value is 0.270. The highest BCUT2D eigenvalue weighted by molar-refractivity contribution is 7.99. The average molecular weight is 258 g/mol. The van der Waals surface area contributed by atoms with Crippen LogP contribution >= 0.6 is 11.8 Å². The summed E-state index contributed by atoms with van der Waals surface area (Å²) in [4.78, 5) is 0. The summed E-state index contributed by atoms with van der Waals surface area (Å²) in [5, 5.41) is 20.8. The monoisotopic (exact) mass is 258 g/mol. The molecule has 2 rings (SSSR count). The highest BCUT2D eigenvalue weighted by Crippen LogP contribution is 2.50. The molecule has 2 nitrogen and oxygen atoms in total. The SMILES string of the molecule is CCC1CCCC(O)(C2(CO)CCSC2)CC1. The molecule has 0 aromatic heterocycles. The number of hydrogen-bond acceptors (Lipinski definition) is 3. The van der Waals surface area contributed by atoms with E-state index < -0.39 is 5.60 Å². The zero-order chi connectivity index (χ0) is 12.4.